The Bertz CT molecular complexity index is 824. The summed E-state index contributed by atoms with van der Waals surface area (Å²) in [6.45, 7) is 13.0. The Labute approximate surface area is 175 Å². The third kappa shape index (κ3) is 4.00. The van der Waals surface area contributed by atoms with Crippen LogP contribution in [-0.2, 0) is 28.3 Å². The highest BCUT2D eigenvalue weighted by Gasteiger charge is 2.67. The van der Waals surface area contributed by atoms with Crippen LogP contribution in [0.15, 0.2) is 0 Å². The smallest absolute Gasteiger partial charge is 0.480 e. The van der Waals surface area contributed by atoms with E-state index < -0.39 is 71.9 Å². The van der Waals surface area contributed by atoms with Gasteiger partial charge in [0.05, 0.1) is 18.1 Å². The van der Waals surface area contributed by atoms with Crippen LogP contribution in [0.5, 0.6) is 0 Å². The van der Waals surface area contributed by atoms with Gasteiger partial charge >= 0.3 is 21.6 Å². The van der Waals surface area contributed by atoms with Crippen molar-refractivity contribution < 1.29 is 44.9 Å². The molecule has 2 aliphatic rings. The zero-order valence-corrected chi connectivity index (χ0v) is 19.7. The van der Waals surface area contributed by atoms with Crippen LogP contribution in [0.3, 0.4) is 0 Å². The highest BCUT2D eigenvalue weighted by atomic mass is 32.2. The lowest BCUT2D eigenvalue weighted by molar-refractivity contribution is -0.171. The van der Waals surface area contributed by atoms with Gasteiger partial charge in [0, 0.05) is 5.92 Å². The summed E-state index contributed by atoms with van der Waals surface area (Å²) in [6, 6.07) is -2.63. The lowest BCUT2D eigenvalue weighted by Gasteiger charge is -2.50. The number of carbonyl (C=O) groups excluding carboxylic acids is 1. The number of amides is 1. The monoisotopic (exact) mass is 475 g/mol. The zero-order chi connectivity index (χ0) is 23.6. The Morgan fingerprint density at radius 1 is 1.23 bits per heavy atom. The lowest BCUT2D eigenvalue weighted by Crippen LogP contribution is -2.67. The first-order valence-electron chi connectivity index (χ1n) is 9.47. The summed E-state index contributed by atoms with van der Waals surface area (Å²) in [6.07, 6.45) is -2.47. The average Bonchev–Trinajstić information content (AvgIpc) is 2.74. The summed E-state index contributed by atoms with van der Waals surface area (Å²) in [5.74, 6) is -3.98. The van der Waals surface area contributed by atoms with E-state index in [9.17, 15) is 36.3 Å². The molecule has 2 rings (SSSR count). The molecule has 3 unspecified atom stereocenters. The highest BCUT2D eigenvalue weighted by molar-refractivity contribution is 7.87. The number of carboxylic acid groups (broad SMARTS) is 1. The molecule has 0 aromatic rings. The maximum Gasteiger partial charge on any atom is 0.523 e. The number of carbonyl (C=O) groups is 2. The highest BCUT2D eigenvalue weighted by Crippen LogP contribution is 2.49. The second kappa shape index (κ2) is 7.45. The number of fused-ring (bicyclic) bond motifs is 1. The van der Waals surface area contributed by atoms with E-state index in [0.29, 0.717) is 0 Å². The van der Waals surface area contributed by atoms with Crippen LogP contribution in [0, 0.1) is 11.8 Å². The van der Waals surface area contributed by atoms with Crippen LogP contribution in [0.4, 0.5) is 13.2 Å². The Hall–Kier alpha value is -1.18. The maximum atomic E-state index is 12.8. The maximum absolute atomic E-state index is 12.8. The average molecular weight is 476 g/mol. The molecule has 1 N–H and O–H groups in total. The molecule has 0 aromatic heterocycles. The largest absolute Gasteiger partial charge is 0.523 e. The molecule has 8 nitrogen and oxygen atoms in total. The van der Waals surface area contributed by atoms with Gasteiger partial charge in [-0.2, -0.15) is 21.6 Å². The topological polar surface area (TPSA) is 110 Å². The fourth-order valence-corrected chi connectivity index (χ4v) is 6.00. The minimum absolute atomic E-state index is 0.162. The number of aliphatic carboxylic acids is 1. The van der Waals surface area contributed by atoms with E-state index in [0.717, 1.165) is 4.90 Å². The van der Waals surface area contributed by atoms with E-state index in [1.54, 1.807) is 6.92 Å². The summed E-state index contributed by atoms with van der Waals surface area (Å²) >= 11 is 0. The number of alkyl halides is 3. The van der Waals surface area contributed by atoms with Gasteiger partial charge in [-0.3, -0.25) is 8.98 Å². The van der Waals surface area contributed by atoms with Crippen molar-refractivity contribution in [1.82, 2.24) is 4.90 Å². The first-order valence-corrected chi connectivity index (χ1v) is 13.8. The van der Waals surface area contributed by atoms with Crippen molar-refractivity contribution in [1.29, 1.82) is 0 Å². The predicted molar refractivity (Wildman–Crippen MR) is 102 cm³/mol. The van der Waals surface area contributed by atoms with Gasteiger partial charge in [0.2, 0.25) is 5.91 Å². The summed E-state index contributed by atoms with van der Waals surface area (Å²) in [5.41, 5.74) is -5.70. The van der Waals surface area contributed by atoms with Crippen LogP contribution in [0.2, 0.25) is 18.1 Å². The van der Waals surface area contributed by atoms with Gasteiger partial charge < -0.3 is 14.4 Å². The van der Waals surface area contributed by atoms with Gasteiger partial charge in [0.25, 0.3) is 0 Å². The third-order valence-corrected chi connectivity index (χ3v) is 12.1. The number of β-lactam (4-membered cyclic amide) rings is 1. The Balaban J connectivity index is 2.32. The number of halogens is 3. The first-order chi connectivity index (χ1) is 13.2. The lowest BCUT2D eigenvalue weighted by atomic mass is 9.79. The van der Waals surface area contributed by atoms with E-state index in [-0.39, 0.29) is 5.04 Å². The molecule has 13 heteroatoms. The molecule has 0 aromatic carbocycles. The standard InChI is InChI=1S/C17H28F3NO7SSi/c1-8-11-10(9(2)28-30(6,7)16(3,4)5)14(22)21(11)12(15(23)24)13(8)27-29(25,26)17(18,19)20/h8-13H,1-7H3,(H,23,24)/t8-,9?,10-,11-,12?,13?/m1/s1. The molecule has 30 heavy (non-hydrogen) atoms. The summed E-state index contributed by atoms with van der Waals surface area (Å²) < 4.78 is 71.8. The molecule has 6 atom stereocenters. The van der Waals surface area contributed by atoms with Crippen LogP contribution >= 0.6 is 0 Å². The second-order valence-electron chi connectivity index (χ2n) is 9.45. The minimum Gasteiger partial charge on any atom is -0.480 e. The van der Waals surface area contributed by atoms with Gasteiger partial charge in [0.1, 0.15) is 6.10 Å². The summed E-state index contributed by atoms with van der Waals surface area (Å²) in [4.78, 5) is 25.4. The number of hydrogen-bond acceptors (Lipinski definition) is 6. The van der Waals surface area contributed by atoms with Crippen molar-refractivity contribution in [3.05, 3.63) is 0 Å². The number of hydrogen-bond donors (Lipinski definition) is 1. The molecule has 0 aliphatic carbocycles. The number of carboxylic acids is 1. The molecule has 2 saturated heterocycles. The van der Waals surface area contributed by atoms with E-state index in [1.807, 2.05) is 33.9 Å². The normalized spacial score (nSPS) is 31.3. The van der Waals surface area contributed by atoms with Crippen LogP contribution in [0.25, 0.3) is 0 Å². The fourth-order valence-electron chi connectivity index (χ4n) is 3.89. The van der Waals surface area contributed by atoms with Crippen molar-refractivity contribution in [2.24, 2.45) is 11.8 Å². The van der Waals surface area contributed by atoms with Gasteiger partial charge in [-0.25, -0.2) is 4.79 Å². The molecular formula is C17H28F3NO7SSi. The van der Waals surface area contributed by atoms with Crippen molar-refractivity contribution in [3.63, 3.8) is 0 Å². The third-order valence-electron chi connectivity index (χ3n) is 6.46. The minimum atomic E-state index is -6.03. The van der Waals surface area contributed by atoms with Crippen molar-refractivity contribution in [2.75, 3.05) is 0 Å². The van der Waals surface area contributed by atoms with Gasteiger partial charge in [-0.1, -0.05) is 27.7 Å². The molecule has 2 fully saturated rings. The SMILES string of the molecule is CC(O[Si](C)(C)C(C)(C)C)[C@H]1C(=O)N2C(C(=O)O)C(OS(=O)(=O)C(F)(F)F)[C@H](C)[C@H]12. The van der Waals surface area contributed by atoms with Crippen molar-refractivity contribution >= 4 is 30.3 Å². The van der Waals surface area contributed by atoms with Gasteiger partial charge in [-0.05, 0) is 25.1 Å². The number of rotatable bonds is 6. The molecule has 1 amide bonds. The van der Waals surface area contributed by atoms with Crippen LogP contribution < -0.4 is 0 Å². The van der Waals surface area contributed by atoms with E-state index in [4.69, 9.17) is 4.43 Å². The predicted octanol–water partition coefficient (Wildman–Crippen LogP) is 2.56. The summed E-state index contributed by atoms with van der Waals surface area (Å²) in [5, 5.41) is 9.32. The molecule has 0 bridgehead atoms. The van der Waals surface area contributed by atoms with Gasteiger partial charge in [-0.15, -0.1) is 0 Å². The molecule has 2 heterocycles. The molecule has 0 spiro atoms. The van der Waals surface area contributed by atoms with Crippen LogP contribution in [-0.4, -0.2) is 68.4 Å². The first kappa shape index (κ1) is 25.1. The molecular weight excluding hydrogens is 447 g/mol. The quantitative estimate of drug-likeness (QED) is 0.272. The fraction of sp³-hybridized carbons (Fsp3) is 0.882. The van der Waals surface area contributed by atoms with Crippen molar-refractivity contribution in [2.45, 2.75) is 82.6 Å². The molecule has 0 saturated carbocycles. The van der Waals surface area contributed by atoms with E-state index in [2.05, 4.69) is 4.18 Å². The van der Waals surface area contributed by atoms with Crippen molar-refractivity contribution in [3.8, 4) is 0 Å². The molecule has 0 radical (unpaired) electrons. The second-order valence-corrected chi connectivity index (χ2v) is 15.8. The Kier molecular flexibility index (Phi) is 6.23. The Morgan fingerprint density at radius 2 is 1.73 bits per heavy atom. The number of nitrogens with zero attached hydrogens (tertiary/aromatic N) is 1. The van der Waals surface area contributed by atoms with Crippen LogP contribution in [0.1, 0.15) is 34.6 Å². The van der Waals surface area contributed by atoms with Gasteiger partial charge in [0.15, 0.2) is 14.4 Å². The zero-order valence-electron chi connectivity index (χ0n) is 17.9. The Morgan fingerprint density at radius 3 is 2.13 bits per heavy atom. The van der Waals surface area contributed by atoms with E-state index >= 15 is 0 Å². The molecule has 174 valence electrons. The summed E-state index contributed by atoms with van der Waals surface area (Å²) in [7, 11) is -8.32. The molecule has 2 aliphatic heterocycles. The van der Waals surface area contributed by atoms with E-state index in [1.165, 1.54) is 6.92 Å².